The summed E-state index contributed by atoms with van der Waals surface area (Å²) in [6, 6.07) is 0.694. The first-order chi connectivity index (χ1) is 9.73. The Morgan fingerprint density at radius 3 is 2.45 bits per heavy atom. The molecule has 114 valence electrons. The van der Waals surface area contributed by atoms with Crippen LogP contribution in [0.15, 0.2) is 4.42 Å². The molecule has 0 atom stereocenters. The molecule has 5 heteroatoms. The SMILES string of the molecule is CCCNCc1nnc(N2CCC(CC)(CC)CC2)o1. The van der Waals surface area contributed by atoms with Gasteiger partial charge in [-0.1, -0.05) is 38.7 Å². The van der Waals surface area contributed by atoms with Crippen molar-refractivity contribution >= 4 is 6.01 Å². The predicted octanol–water partition coefficient (Wildman–Crippen LogP) is 2.98. The Morgan fingerprint density at radius 1 is 1.15 bits per heavy atom. The first-order valence-corrected chi connectivity index (χ1v) is 8.01. The molecule has 2 rings (SSSR count). The van der Waals surface area contributed by atoms with Crippen LogP contribution in [0.25, 0.3) is 0 Å². The van der Waals surface area contributed by atoms with Gasteiger partial charge in [0.05, 0.1) is 6.54 Å². The average Bonchev–Trinajstić information content (AvgIpc) is 2.96. The zero-order chi connectivity index (χ0) is 14.4. The highest BCUT2D eigenvalue weighted by Gasteiger charge is 2.32. The summed E-state index contributed by atoms with van der Waals surface area (Å²) in [5.41, 5.74) is 0.530. The minimum Gasteiger partial charge on any atom is -0.407 e. The van der Waals surface area contributed by atoms with Crippen molar-refractivity contribution in [3.05, 3.63) is 5.89 Å². The van der Waals surface area contributed by atoms with E-state index in [1.54, 1.807) is 0 Å². The van der Waals surface area contributed by atoms with Gasteiger partial charge in [0.15, 0.2) is 0 Å². The zero-order valence-corrected chi connectivity index (χ0v) is 13.1. The first kappa shape index (κ1) is 15.3. The zero-order valence-electron chi connectivity index (χ0n) is 13.1. The first-order valence-electron chi connectivity index (χ1n) is 8.01. The van der Waals surface area contributed by atoms with Crippen molar-refractivity contribution in [2.75, 3.05) is 24.5 Å². The molecule has 1 fully saturated rings. The molecule has 1 aromatic heterocycles. The summed E-state index contributed by atoms with van der Waals surface area (Å²) >= 11 is 0. The summed E-state index contributed by atoms with van der Waals surface area (Å²) in [7, 11) is 0. The molecule has 1 N–H and O–H groups in total. The van der Waals surface area contributed by atoms with E-state index in [1.807, 2.05) is 0 Å². The fraction of sp³-hybridized carbons (Fsp3) is 0.867. The molecule has 1 saturated heterocycles. The molecule has 0 aromatic carbocycles. The lowest BCUT2D eigenvalue weighted by Crippen LogP contribution is -2.39. The maximum atomic E-state index is 5.75. The van der Waals surface area contributed by atoms with Gasteiger partial charge in [0, 0.05) is 13.1 Å². The van der Waals surface area contributed by atoms with E-state index in [2.05, 4.69) is 41.2 Å². The van der Waals surface area contributed by atoms with Gasteiger partial charge < -0.3 is 14.6 Å². The van der Waals surface area contributed by atoms with Crippen molar-refractivity contribution in [3.63, 3.8) is 0 Å². The van der Waals surface area contributed by atoms with Crippen LogP contribution >= 0.6 is 0 Å². The molecule has 0 saturated carbocycles. The Hall–Kier alpha value is -1.10. The number of hydrogen-bond donors (Lipinski definition) is 1. The molecule has 1 aromatic rings. The fourth-order valence-electron chi connectivity index (χ4n) is 2.95. The molecule has 20 heavy (non-hydrogen) atoms. The van der Waals surface area contributed by atoms with Crippen LogP contribution in [0.5, 0.6) is 0 Å². The van der Waals surface area contributed by atoms with Crippen molar-refractivity contribution in [1.82, 2.24) is 15.5 Å². The molecule has 0 unspecified atom stereocenters. The Labute approximate surface area is 122 Å². The standard InChI is InChI=1S/C15H28N4O/c1-4-9-16-12-13-17-18-14(20-13)19-10-7-15(5-2,6-3)8-11-19/h16H,4-12H2,1-3H3. The van der Waals surface area contributed by atoms with Crippen LogP contribution in [0.3, 0.4) is 0 Å². The molecule has 0 bridgehead atoms. The molecule has 1 aliphatic heterocycles. The number of aromatic nitrogens is 2. The Balaban J connectivity index is 1.87. The Morgan fingerprint density at radius 2 is 1.85 bits per heavy atom. The lowest BCUT2D eigenvalue weighted by molar-refractivity contribution is 0.196. The second kappa shape index (κ2) is 7.07. The number of nitrogens with zero attached hydrogens (tertiary/aromatic N) is 3. The van der Waals surface area contributed by atoms with Crippen LogP contribution in [0.4, 0.5) is 6.01 Å². The monoisotopic (exact) mass is 280 g/mol. The number of piperidine rings is 1. The van der Waals surface area contributed by atoms with Crippen LogP contribution in [0, 0.1) is 5.41 Å². The number of anilines is 1. The van der Waals surface area contributed by atoms with Crippen molar-refractivity contribution < 1.29 is 4.42 Å². The summed E-state index contributed by atoms with van der Waals surface area (Å²) < 4.78 is 5.75. The van der Waals surface area contributed by atoms with Crippen LogP contribution in [-0.2, 0) is 6.54 Å². The second-order valence-corrected chi connectivity index (χ2v) is 5.85. The van der Waals surface area contributed by atoms with Gasteiger partial charge in [0.25, 0.3) is 0 Å². The Bertz CT molecular complexity index is 390. The highest BCUT2D eigenvalue weighted by molar-refractivity contribution is 5.25. The summed E-state index contributed by atoms with van der Waals surface area (Å²) in [6.07, 6.45) is 6.11. The van der Waals surface area contributed by atoms with Gasteiger partial charge >= 0.3 is 6.01 Å². The van der Waals surface area contributed by atoms with Gasteiger partial charge in [-0.3, -0.25) is 0 Å². The summed E-state index contributed by atoms with van der Waals surface area (Å²) in [4.78, 5) is 2.24. The van der Waals surface area contributed by atoms with Crippen LogP contribution < -0.4 is 10.2 Å². The maximum Gasteiger partial charge on any atom is 0.318 e. The minimum absolute atomic E-state index is 0.530. The smallest absolute Gasteiger partial charge is 0.318 e. The van der Waals surface area contributed by atoms with E-state index >= 15 is 0 Å². The van der Waals surface area contributed by atoms with E-state index in [4.69, 9.17) is 4.42 Å². The molecular formula is C15H28N4O. The molecular weight excluding hydrogens is 252 g/mol. The number of rotatable bonds is 7. The molecule has 0 amide bonds. The molecule has 0 spiro atoms. The topological polar surface area (TPSA) is 54.2 Å². The summed E-state index contributed by atoms with van der Waals surface area (Å²) in [5, 5.41) is 11.6. The van der Waals surface area contributed by atoms with Gasteiger partial charge in [-0.15, -0.1) is 5.10 Å². The van der Waals surface area contributed by atoms with Gasteiger partial charge in [0.2, 0.25) is 5.89 Å². The van der Waals surface area contributed by atoms with Gasteiger partial charge in [-0.2, -0.15) is 0 Å². The van der Waals surface area contributed by atoms with E-state index in [1.165, 1.54) is 25.7 Å². The number of nitrogens with one attached hydrogen (secondary N) is 1. The van der Waals surface area contributed by atoms with Gasteiger partial charge in [0.1, 0.15) is 0 Å². The van der Waals surface area contributed by atoms with E-state index < -0.39 is 0 Å². The van der Waals surface area contributed by atoms with E-state index in [0.29, 0.717) is 23.9 Å². The van der Waals surface area contributed by atoms with Crippen molar-refractivity contribution in [2.24, 2.45) is 5.41 Å². The molecule has 0 aliphatic carbocycles. The van der Waals surface area contributed by atoms with Gasteiger partial charge in [-0.25, -0.2) is 0 Å². The maximum absolute atomic E-state index is 5.75. The molecule has 2 heterocycles. The number of hydrogen-bond acceptors (Lipinski definition) is 5. The molecule has 5 nitrogen and oxygen atoms in total. The van der Waals surface area contributed by atoms with E-state index in [-0.39, 0.29) is 0 Å². The highest BCUT2D eigenvalue weighted by Crippen LogP contribution is 2.38. The van der Waals surface area contributed by atoms with Crippen molar-refractivity contribution in [2.45, 2.75) is 59.4 Å². The highest BCUT2D eigenvalue weighted by atomic mass is 16.4. The second-order valence-electron chi connectivity index (χ2n) is 5.85. The van der Waals surface area contributed by atoms with Crippen LogP contribution in [0.1, 0.15) is 58.8 Å². The average molecular weight is 280 g/mol. The molecule has 1 aliphatic rings. The third-order valence-electron chi connectivity index (χ3n) is 4.75. The quantitative estimate of drug-likeness (QED) is 0.778. The van der Waals surface area contributed by atoms with Crippen LogP contribution in [-0.4, -0.2) is 29.8 Å². The lowest BCUT2D eigenvalue weighted by atomic mass is 9.74. The fourth-order valence-corrected chi connectivity index (χ4v) is 2.95. The van der Waals surface area contributed by atoms with Crippen LogP contribution in [0.2, 0.25) is 0 Å². The molecule has 0 radical (unpaired) electrons. The van der Waals surface area contributed by atoms with E-state index in [9.17, 15) is 0 Å². The van der Waals surface area contributed by atoms with Crippen molar-refractivity contribution in [3.8, 4) is 0 Å². The normalized spacial score (nSPS) is 18.4. The summed E-state index contributed by atoms with van der Waals surface area (Å²) in [5.74, 6) is 0.691. The predicted molar refractivity (Wildman–Crippen MR) is 80.8 cm³/mol. The largest absolute Gasteiger partial charge is 0.407 e. The third-order valence-corrected chi connectivity index (χ3v) is 4.75. The Kier molecular flexibility index (Phi) is 5.40. The third kappa shape index (κ3) is 3.51. The van der Waals surface area contributed by atoms with E-state index in [0.717, 1.165) is 26.1 Å². The minimum atomic E-state index is 0.530. The lowest BCUT2D eigenvalue weighted by Gasteiger charge is -2.40. The summed E-state index contributed by atoms with van der Waals surface area (Å²) in [6.45, 7) is 10.5. The van der Waals surface area contributed by atoms with Crippen molar-refractivity contribution in [1.29, 1.82) is 0 Å². The van der Waals surface area contributed by atoms with Gasteiger partial charge in [-0.05, 0) is 31.2 Å².